The van der Waals surface area contributed by atoms with Crippen LogP contribution in [0.25, 0.3) is 0 Å². The highest BCUT2D eigenvalue weighted by Crippen LogP contribution is 2.41. The zero-order valence-corrected chi connectivity index (χ0v) is 17.2. The molecule has 8 nitrogen and oxygen atoms in total. The highest BCUT2D eigenvalue weighted by Gasteiger charge is 2.50. The molecule has 2 aliphatic rings. The number of rotatable bonds is 5. The van der Waals surface area contributed by atoms with E-state index in [4.69, 9.17) is 4.74 Å². The van der Waals surface area contributed by atoms with Gasteiger partial charge in [0.15, 0.2) is 5.17 Å². The number of amidine groups is 1. The number of hydrogen-bond acceptors (Lipinski definition) is 8. The number of aliphatic hydroxyl groups excluding tert-OH is 2. The minimum absolute atomic E-state index is 0.159. The van der Waals surface area contributed by atoms with E-state index in [9.17, 15) is 15.0 Å². The first-order chi connectivity index (χ1) is 14.5. The highest BCUT2D eigenvalue weighted by molar-refractivity contribution is 8.15. The van der Waals surface area contributed by atoms with Crippen LogP contribution in [0.1, 0.15) is 12.0 Å². The van der Waals surface area contributed by atoms with Gasteiger partial charge in [0.2, 0.25) is 5.91 Å². The van der Waals surface area contributed by atoms with Gasteiger partial charge < -0.3 is 25.6 Å². The number of carbonyl (C=O) groups is 1. The molecule has 5 atom stereocenters. The molecular weight excluding hydrogens is 404 g/mol. The topological polar surface area (TPSA) is 116 Å². The van der Waals surface area contributed by atoms with Crippen LogP contribution in [0.3, 0.4) is 0 Å². The SMILES string of the molecule is COc1ccc(NC2=N[C@H]3[C@@H](O)[C@H](O)C[C@H](C(=O)NCc4cccnc4)[C@H]3S2)cc1. The Morgan fingerprint density at radius 2 is 2.07 bits per heavy atom. The molecule has 1 saturated carbocycles. The quantitative estimate of drug-likeness (QED) is 0.569. The molecule has 0 spiro atoms. The molecule has 0 bridgehead atoms. The summed E-state index contributed by atoms with van der Waals surface area (Å²) in [6, 6.07) is 10.6. The van der Waals surface area contributed by atoms with Crippen LogP contribution in [-0.4, -0.2) is 56.9 Å². The van der Waals surface area contributed by atoms with Crippen molar-refractivity contribution in [2.45, 2.75) is 36.5 Å². The average molecular weight is 429 g/mol. The number of benzene rings is 1. The number of aromatic nitrogens is 1. The van der Waals surface area contributed by atoms with E-state index in [0.717, 1.165) is 17.0 Å². The third-order valence-electron chi connectivity index (χ3n) is 5.35. The second kappa shape index (κ2) is 9.03. The van der Waals surface area contributed by atoms with Crippen LogP contribution >= 0.6 is 11.8 Å². The lowest BCUT2D eigenvalue weighted by Gasteiger charge is -2.37. The molecule has 0 radical (unpaired) electrons. The van der Waals surface area contributed by atoms with Crippen LogP contribution in [-0.2, 0) is 11.3 Å². The zero-order chi connectivity index (χ0) is 21.1. The third-order valence-corrected chi connectivity index (χ3v) is 6.66. The summed E-state index contributed by atoms with van der Waals surface area (Å²) in [6.07, 6.45) is 1.58. The van der Waals surface area contributed by atoms with Crippen molar-refractivity contribution in [1.82, 2.24) is 10.3 Å². The number of hydrogen-bond donors (Lipinski definition) is 4. The fourth-order valence-corrected chi connectivity index (χ4v) is 5.11. The third kappa shape index (κ3) is 4.43. The summed E-state index contributed by atoms with van der Waals surface area (Å²) in [5.41, 5.74) is 1.73. The van der Waals surface area contributed by atoms with Crippen LogP contribution in [0.4, 0.5) is 5.69 Å². The van der Waals surface area contributed by atoms with Crippen LogP contribution in [0.15, 0.2) is 53.8 Å². The standard InChI is InChI=1S/C21H24N4O4S/c1-29-14-6-4-13(5-7-14)24-21-25-17-18(27)16(26)9-15(19(17)30-21)20(28)23-11-12-3-2-8-22-10-12/h2-8,10,15-19,26-27H,9,11H2,1H3,(H,23,28)(H,24,25)/t15-,16+,17-,18-,19+/m0/s1. The molecule has 1 amide bonds. The molecule has 1 fully saturated rings. The Balaban J connectivity index is 1.44. The number of pyridine rings is 1. The molecule has 4 N–H and O–H groups in total. The largest absolute Gasteiger partial charge is 0.497 e. The van der Waals surface area contributed by atoms with Crippen LogP contribution < -0.4 is 15.4 Å². The first-order valence-corrected chi connectivity index (χ1v) is 10.6. The van der Waals surface area contributed by atoms with Gasteiger partial charge in [-0.25, -0.2) is 0 Å². The number of ether oxygens (including phenoxy) is 1. The molecule has 4 rings (SSSR count). The van der Waals surface area contributed by atoms with Gasteiger partial charge in [-0.3, -0.25) is 14.8 Å². The van der Waals surface area contributed by atoms with Gasteiger partial charge >= 0.3 is 0 Å². The Hall–Kier alpha value is -2.62. The van der Waals surface area contributed by atoms with Crippen LogP contribution in [0, 0.1) is 5.92 Å². The molecule has 1 aliphatic carbocycles. The minimum atomic E-state index is -1.000. The Kier molecular flexibility index (Phi) is 6.21. The van der Waals surface area contributed by atoms with Gasteiger partial charge in [0.1, 0.15) is 11.9 Å². The summed E-state index contributed by atoms with van der Waals surface area (Å²) in [5.74, 6) is 0.126. The minimum Gasteiger partial charge on any atom is -0.497 e. The Labute approximate surface area is 178 Å². The van der Waals surface area contributed by atoms with Crippen molar-refractivity contribution in [2.24, 2.45) is 10.9 Å². The molecular formula is C21H24N4O4S. The van der Waals surface area contributed by atoms with Crippen molar-refractivity contribution in [3.63, 3.8) is 0 Å². The van der Waals surface area contributed by atoms with Crippen molar-refractivity contribution in [2.75, 3.05) is 12.4 Å². The smallest absolute Gasteiger partial charge is 0.224 e. The number of nitrogens with zero attached hydrogens (tertiary/aromatic N) is 2. The fourth-order valence-electron chi connectivity index (χ4n) is 3.73. The van der Waals surface area contributed by atoms with Gasteiger partial charge in [-0.2, -0.15) is 0 Å². The number of nitrogens with one attached hydrogen (secondary N) is 2. The van der Waals surface area contributed by atoms with E-state index in [1.165, 1.54) is 11.8 Å². The van der Waals surface area contributed by atoms with Crippen LogP contribution in [0.5, 0.6) is 5.75 Å². The van der Waals surface area contributed by atoms with Gasteiger partial charge in [-0.05, 0) is 42.3 Å². The van der Waals surface area contributed by atoms with Crippen molar-refractivity contribution in [3.05, 3.63) is 54.4 Å². The Morgan fingerprint density at radius 3 is 2.77 bits per heavy atom. The predicted octanol–water partition coefficient (Wildman–Crippen LogP) is 1.40. The molecule has 0 saturated heterocycles. The molecule has 1 aromatic heterocycles. The maximum Gasteiger partial charge on any atom is 0.224 e. The Morgan fingerprint density at radius 1 is 1.27 bits per heavy atom. The zero-order valence-electron chi connectivity index (χ0n) is 16.4. The summed E-state index contributed by atoms with van der Waals surface area (Å²) >= 11 is 1.43. The molecule has 0 unspecified atom stereocenters. The van der Waals surface area contributed by atoms with E-state index in [1.54, 1.807) is 19.5 Å². The van der Waals surface area contributed by atoms with Gasteiger partial charge in [-0.1, -0.05) is 17.8 Å². The maximum atomic E-state index is 12.9. The monoisotopic (exact) mass is 428 g/mol. The average Bonchev–Trinajstić information content (AvgIpc) is 3.19. The molecule has 2 heterocycles. The van der Waals surface area contributed by atoms with Crippen molar-refractivity contribution >= 4 is 28.5 Å². The number of thioether (sulfide) groups is 1. The summed E-state index contributed by atoms with van der Waals surface area (Å²) in [7, 11) is 1.61. The summed E-state index contributed by atoms with van der Waals surface area (Å²) in [4.78, 5) is 21.5. The summed E-state index contributed by atoms with van der Waals surface area (Å²) in [6.45, 7) is 0.363. The first kappa shape index (κ1) is 20.6. The highest BCUT2D eigenvalue weighted by atomic mass is 32.2. The van der Waals surface area contributed by atoms with E-state index >= 15 is 0 Å². The van der Waals surface area contributed by atoms with E-state index in [1.807, 2.05) is 36.4 Å². The number of anilines is 1. The number of fused-ring (bicyclic) bond motifs is 1. The van der Waals surface area contributed by atoms with Crippen LogP contribution in [0.2, 0.25) is 0 Å². The van der Waals surface area contributed by atoms with E-state index in [2.05, 4.69) is 20.6 Å². The number of aliphatic imine (C=N–C) groups is 1. The van der Waals surface area contributed by atoms with Crippen molar-refractivity contribution in [1.29, 1.82) is 0 Å². The second-order valence-electron chi connectivity index (χ2n) is 7.34. The molecule has 30 heavy (non-hydrogen) atoms. The fraction of sp³-hybridized carbons (Fsp3) is 0.381. The Bertz CT molecular complexity index is 909. The van der Waals surface area contributed by atoms with Gasteiger partial charge in [0.05, 0.1) is 25.2 Å². The van der Waals surface area contributed by atoms with Crippen molar-refractivity contribution in [3.8, 4) is 5.75 Å². The number of aliphatic hydroxyl groups is 2. The lowest BCUT2D eigenvalue weighted by molar-refractivity contribution is -0.129. The summed E-state index contributed by atoms with van der Waals surface area (Å²) < 4.78 is 5.17. The predicted molar refractivity (Wildman–Crippen MR) is 115 cm³/mol. The number of carbonyl (C=O) groups excluding carboxylic acids is 1. The summed E-state index contributed by atoms with van der Waals surface area (Å²) in [5, 5.41) is 27.3. The first-order valence-electron chi connectivity index (χ1n) is 9.73. The molecule has 9 heteroatoms. The molecule has 1 aliphatic heterocycles. The van der Waals surface area contributed by atoms with E-state index in [0.29, 0.717) is 11.7 Å². The molecule has 1 aromatic carbocycles. The van der Waals surface area contributed by atoms with Gasteiger partial charge in [-0.15, -0.1) is 0 Å². The lowest BCUT2D eigenvalue weighted by Crippen LogP contribution is -2.53. The normalized spacial score (nSPS) is 27.7. The lowest BCUT2D eigenvalue weighted by atomic mass is 9.81. The molecule has 2 aromatic rings. The number of amides is 1. The van der Waals surface area contributed by atoms with E-state index < -0.39 is 24.2 Å². The molecule has 158 valence electrons. The second-order valence-corrected chi connectivity index (χ2v) is 8.51. The van der Waals surface area contributed by atoms with Gasteiger partial charge in [0.25, 0.3) is 0 Å². The maximum absolute atomic E-state index is 12.9. The van der Waals surface area contributed by atoms with Crippen molar-refractivity contribution < 1.29 is 19.7 Å². The van der Waals surface area contributed by atoms with E-state index in [-0.39, 0.29) is 17.6 Å². The number of methoxy groups -OCH3 is 1. The van der Waals surface area contributed by atoms with Gasteiger partial charge in [0, 0.05) is 29.9 Å².